The molecule has 2 rings (SSSR count). The first kappa shape index (κ1) is 18.9. The van der Waals surface area contributed by atoms with Gasteiger partial charge in [-0.2, -0.15) is 0 Å². The van der Waals surface area contributed by atoms with E-state index in [0.717, 1.165) is 10.8 Å². The summed E-state index contributed by atoms with van der Waals surface area (Å²) < 4.78 is 15.3. The van der Waals surface area contributed by atoms with Crippen LogP contribution < -0.4 is 0 Å². The molecule has 0 amide bonds. The second kappa shape index (κ2) is 8.60. The topological polar surface area (TPSA) is 82.1 Å². The van der Waals surface area contributed by atoms with Crippen LogP contribution in [0.1, 0.15) is 34.6 Å². The lowest BCUT2D eigenvalue weighted by molar-refractivity contribution is 0.0168. The number of methoxy groups -OCH3 is 1. The van der Waals surface area contributed by atoms with E-state index in [1.807, 2.05) is 6.92 Å². The molecular formula is C19H22O6. The number of ether oxygens (including phenoxy) is 3. The number of aliphatic hydroxyl groups excluding tert-OH is 1. The van der Waals surface area contributed by atoms with Gasteiger partial charge in [-0.15, -0.1) is 0 Å². The van der Waals surface area contributed by atoms with Crippen molar-refractivity contribution in [2.75, 3.05) is 20.3 Å². The van der Waals surface area contributed by atoms with Crippen molar-refractivity contribution in [2.24, 2.45) is 0 Å². The maximum atomic E-state index is 12.1. The van der Waals surface area contributed by atoms with Gasteiger partial charge in [0.1, 0.15) is 12.7 Å². The summed E-state index contributed by atoms with van der Waals surface area (Å²) in [6.45, 7) is 3.38. The fraction of sp³-hybridized carbons (Fsp3) is 0.368. The number of esters is 2. The van der Waals surface area contributed by atoms with Gasteiger partial charge in [0.15, 0.2) is 0 Å². The summed E-state index contributed by atoms with van der Waals surface area (Å²) in [6.07, 6.45) is -0.728. The van der Waals surface area contributed by atoms with Crippen molar-refractivity contribution >= 4 is 22.7 Å². The lowest BCUT2D eigenvalue weighted by Crippen LogP contribution is -2.18. The second-order valence-electron chi connectivity index (χ2n) is 5.82. The SMILES string of the molecule is COC(C)COC(=O)c1ccc2cc(C(=O)OC(C)CO)ccc2c1. The number of aliphatic hydroxyl groups is 1. The first-order valence-electron chi connectivity index (χ1n) is 8.00. The molecule has 0 saturated heterocycles. The fourth-order valence-corrected chi connectivity index (χ4v) is 2.13. The molecule has 0 fully saturated rings. The minimum absolute atomic E-state index is 0.167. The monoisotopic (exact) mass is 346 g/mol. The van der Waals surface area contributed by atoms with E-state index in [9.17, 15) is 9.59 Å². The summed E-state index contributed by atoms with van der Waals surface area (Å²) in [6, 6.07) is 10.1. The Kier molecular flexibility index (Phi) is 6.50. The van der Waals surface area contributed by atoms with Gasteiger partial charge in [-0.25, -0.2) is 9.59 Å². The number of hydrogen-bond acceptors (Lipinski definition) is 6. The van der Waals surface area contributed by atoms with Crippen molar-refractivity contribution in [3.8, 4) is 0 Å². The molecule has 0 bridgehead atoms. The average molecular weight is 346 g/mol. The number of carbonyl (C=O) groups is 2. The fourth-order valence-electron chi connectivity index (χ4n) is 2.13. The molecule has 0 aromatic heterocycles. The maximum absolute atomic E-state index is 12.1. The van der Waals surface area contributed by atoms with Gasteiger partial charge in [-0.1, -0.05) is 12.1 Å². The smallest absolute Gasteiger partial charge is 0.338 e. The highest BCUT2D eigenvalue weighted by molar-refractivity contribution is 5.99. The number of fused-ring (bicyclic) bond motifs is 1. The molecule has 134 valence electrons. The zero-order valence-electron chi connectivity index (χ0n) is 14.5. The zero-order valence-corrected chi connectivity index (χ0v) is 14.5. The van der Waals surface area contributed by atoms with E-state index in [4.69, 9.17) is 19.3 Å². The first-order chi connectivity index (χ1) is 11.9. The van der Waals surface area contributed by atoms with Gasteiger partial charge in [0.25, 0.3) is 0 Å². The van der Waals surface area contributed by atoms with Gasteiger partial charge in [-0.3, -0.25) is 0 Å². The molecule has 6 heteroatoms. The third-order valence-corrected chi connectivity index (χ3v) is 3.73. The molecule has 25 heavy (non-hydrogen) atoms. The van der Waals surface area contributed by atoms with Crippen LogP contribution in [0.2, 0.25) is 0 Å². The van der Waals surface area contributed by atoms with Crippen LogP contribution in [0.25, 0.3) is 10.8 Å². The Morgan fingerprint density at radius 3 is 2.04 bits per heavy atom. The van der Waals surface area contributed by atoms with Gasteiger partial charge < -0.3 is 19.3 Å². The van der Waals surface area contributed by atoms with Crippen molar-refractivity contribution in [3.05, 3.63) is 47.5 Å². The van der Waals surface area contributed by atoms with Crippen LogP contribution in [0.15, 0.2) is 36.4 Å². The highest BCUT2D eigenvalue weighted by Crippen LogP contribution is 2.19. The van der Waals surface area contributed by atoms with Crippen molar-refractivity contribution in [3.63, 3.8) is 0 Å². The van der Waals surface area contributed by atoms with E-state index in [0.29, 0.717) is 11.1 Å². The van der Waals surface area contributed by atoms with Crippen LogP contribution in [-0.2, 0) is 14.2 Å². The summed E-state index contributed by atoms with van der Waals surface area (Å²) in [5.41, 5.74) is 0.817. The zero-order chi connectivity index (χ0) is 18.4. The Hall–Kier alpha value is -2.44. The van der Waals surface area contributed by atoms with E-state index in [1.54, 1.807) is 50.4 Å². The molecule has 0 aliphatic carbocycles. The predicted octanol–water partition coefficient (Wildman–Crippen LogP) is 2.57. The molecule has 0 saturated carbocycles. The number of carbonyl (C=O) groups excluding carboxylic acids is 2. The van der Waals surface area contributed by atoms with Gasteiger partial charge in [-0.05, 0) is 48.9 Å². The van der Waals surface area contributed by atoms with Crippen molar-refractivity contribution in [1.29, 1.82) is 0 Å². The third-order valence-electron chi connectivity index (χ3n) is 3.73. The molecule has 0 aliphatic rings. The van der Waals surface area contributed by atoms with Crippen LogP contribution in [0.3, 0.4) is 0 Å². The molecule has 0 heterocycles. The van der Waals surface area contributed by atoms with Gasteiger partial charge in [0.2, 0.25) is 0 Å². The number of benzene rings is 2. The van der Waals surface area contributed by atoms with Crippen molar-refractivity contribution in [2.45, 2.75) is 26.1 Å². The summed E-state index contributed by atoms with van der Waals surface area (Å²) in [4.78, 5) is 24.1. The minimum atomic E-state index is -0.560. The molecule has 2 atom stereocenters. The molecule has 2 aromatic rings. The highest BCUT2D eigenvalue weighted by Gasteiger charge is 2.13. The molecule has 0 aliphatic heterocycles. The Balaban J connectivity index is 2.15. The summed E-state index contributed by atoms with van der Waals surface area (Å²) in [7, 11) is 1.55. The molecule has 6 nitrogen and oxygen atoms in total. The Morgan fingerprint density at radius 1 is 0.960 bits per heavy atom. The highest BCUT2D eigenvalue weighted by atomic mass is 16.6. The van der Waals surface area contributed by atoms with Crippen LogP contribution in [0.4, 0.5) is 0 Å². The minimum Gasteiger partial charge on any atom is -0.459 e. The third kappa shape index (κ3) is 5.01. The Labute approximate surface area is 146 Å². The first-order valence-corrected chi connectivity index (χ1v) is 8.00. The molecule has 0 spiro atoms. The van der Waals surface area contributed by atoms with E-state index < -0.39 is 18.0 Å². The average Bonchev–Trinajstić information content (AvgIpc) is 2.64. The summed E-state index contributed by atoms with van der Waals surface area (Å²) in [5, 5.41) is 10.6. The van der Waals surface area contributed by atoms with Gasteiger partial charge in [0, 0.05) is 7.11 Å². The normalized spacial score (nSPS) is 13.3. The van der Waals surface area contributed by atoms with Gasteiger partial charge in [0.05, 0.1) is 23.8 Å². The Bertz CT molecular complexity index is 755. The molecule has 2 unspecified atom stereocenters. The van der Waals surface area contributed by atoms with E-state index in [1.165, 1.54) is 0 Å². The lowest BCUT2D eigenvalue weighted by Gasteiger charge is -2.11. The number of rotatable bonds is 7. The summed E-state index contributed by atoms with van der Waals surface area (Å²) >= 11 is 0. The van der Waals surface area contributed by atoms with E-state index in [2.05, 4.69) is 0 Å². The quantitative estimate of drug-likeness (QED) is 0.776. The largest absolute Gasteiger partial charge is 0.459 e. The van der Waals surface area contributed by atoms with Crippen molar-refractivity contribution in [1.82, 2.24) is 0 Å². The maximum Gasteiger partial charge on any atom is 0.338 e. The van der Waals surface area contributed by atoms with E-state index >= 15 is 0 Å². The molecular weight excluding hydrogens is 324 g/mol. The van der Waals surface area contributed by atoms with Gasteiger partial charge >= 0.3 is 11.9 Å². The standard InChI is InChI=1S/C19H22O6/c1-12(10-20)25-19(22)17-7-5-14-8-16(6-4-15(14)9-17)18(21)24-11-13(2)23-3/h4-9,12-13,20H,10-11H2,1-3H3. The van der Waals surface area contributed by atoms with Crippen LogP contribution in [0.5, 0.6) is 0 Å². The molecule has 0 radical (unpaired) electrons. The predicted molar refractivity (Wildman–Crippen MR) is 92.7 cm³/mol. The lowest BCUT2D eigenvalue weighted by atomic mass is 10.0. The van der Waals surface area contributed by atoms with Crippen LogP contribution in [0, 0.1) is 0 Å². The molecule has 1 N–H and O–H groups in total. The summed E-state index contributed by atoms with van der Waals surface area (Å²) in [5.74, 6) is -0.924. The number of hydrogen-bond donors (Lipinski definition) is 1. The van der Waals surface area contributed by atoms with Crippen LogP contribution in [-0.4, -0.2) is 49.6 Å². The van der Waals surface area contributed by atoms with E-state index in [-0.39, 0.29) is 19.3 Å². The second-order valence-corrected chi connectivity index (χ2v) is 5.82. The van der Waals surface area contributed by atoms with Crippen LogP contribution >= 0.6 is 0 Å². The molecule has 2 aromatic carbocycles. The van der Waals surface area contributed by atoms with Crippen molar-refractivity contribution < 1.29 is 28.9 Å². The Morgan fingerprint density at radius 2 is 1.52 bits per heavy atom.